The predicted molar refractivity (Wildman–Crippen MR) is 101 cm³/mol. The number of halogens is 3. The Labute approximate surface area is 169 Å². The number of rotatable bonds is 5. The van der Waals surface area contributed by atoms with Gasteiger partial charge in [0, 0.05) is 10.9 Å². The Kier molecular flexibility index (Phi) is 5.13. The van der Waals surface area contributed by atoms with Crippen molar-refractivity contribution in [1.82, 2.24) is 0 Å². The Balaban J connectivity index is 1.83. The van der Waals surface area contributed by atoms with Crippen LogP contribution in [0.4, 0.5) is 18.9 Å². The highest BCUT2D eigenvalue weighted by atomic mass is 32.2. The summed E-state index contributed by atoms with van der Waals surface area (Å²) in [6.45, 7) is 0.535. The van der Waals surface area contributed by atoms with E-state index < -0.39 is 32.4 Å². The minimum atomic E-state index is -4.56. The summed E-state index contributed by atoms with van der Waals surface area (Å²) in [4.78, 5) is -0.283. The van der Waals surface area contributed by atoms with Crippen LogP contribution in [0.5, 0.6) is 11.5 Å². The second kappa shape index (κ2) is 7.60. The maximum Gasteiger partial charge on any atom is 0.267 e. The molecule has 0 bridgehead atoms. The van der Waals surface area contributed by atoms with Gasteiger partial charge < -0.3 is 9.47 Å². The monoisotopic (exact) mass is 441 g/mol. The van der Waals surface area contributed by atoms with E-state index in [1.54, 1.807) is 23.6 Å². The second-order valence-corrected chi connectivity index (χ2v) is 8.96. The van der Waals surface area contributed by atoms with Crippen molar-refractivity contribution in [3.63, 3.8) is 0 Å². The molecule has 0 spiro atoms. The fraction of sp³-hybridized carbons (Fsp3) is 0.158. The second-order valence-electron chi connectivity index (χ2n) is 6.09. The van der Waals surface area contributed by atoms with Gasteiger partial charge in [-0.05, 0) is 35.7 Å². The number of fused-ring (bicyclic) bond motifs is 1. The molecule has 1 aromatic heterocycles. The summed E-state index contributed by atoms with van der Waals surface area (Å²) >= 11 is 1.31. The number of hydrogen-bond donors (Lipinski definition) is 0. The third-order valence-corrected chi connectivity index (χ3v) is 6.91. The van der Waals surface area contributed by atoms with Crippen molar-refractivity contribution >= 4 is 27.0 Å². The van der Waals surface area contributed by atoms with Crippen molar-refractivity contribution in [1.29, 1.82) is 0 Å². The Hall–Kier alpha value is -2.72. The minimum Gasteiger partial charge on any atom is -0.486 e. The van der Waals surface area contributed by atoms with Crippen molar-refractivity contribution < 1.29 is 31.1 Å². The number of benzene rings is 2. The SMILES string of the molecule is O=S(=O)(c1ccc(F)c(F)c1F)N(Cc1cccs1)c1ccc2c(c1)OCCO2. The summed E-state index contributed by atoms with van der Waals surface area (Å²) in [5.41, 5.74) is 0.173. The first kappa shape index (κ1) is 19.6. The van der Waals surface area contributed by atoms with Crippen LogP contribution in [0, 0.1) is 17.5 Å². The summed E-state index contributed by atoms with van der Waals surface area (Å²) in [5, 5.41) is 1.77. The molecule has 0 amide bonds. The van der Waals surface area contributed by atoms with E-state index in [-0.39, 0.29) is 12.2 Å². The van der Waals surface area contributed by atoms with Crippen molar-refractivity contribution in [3.05, 3.63) is 70.2 Å². The Bertz CT molecular complexity index is 1150. The van der Waals surface area contributed by atoms with Crippen LogP contribution in [0.15, 0.2) is 52.7 Å². The molecule has 2 heterocycles. The van der Waals surface area contributed by atoms with E-state index in [2.05, 4.69) is 0 Å². The van der Waals surface area contributed by atoms with Crippen molar-refractivity contribution in [2.75, 3.05) is 17.5 Å². The molecule has 5 nitrogen and oxygen atoms in total. The first-order chi connectivity index (χ1) is 13.9. The maximum atomic E-state index is 14.3. The number of hydrogen-bond acceptors (Lipinski definition) is 5. The highest BCUT2D eigenvalue weighted by molar-refractivity contribution is 7.92. The molecule has 152 valence electrons. The van der Waals surface area contributed by atoms with E-state index in [9.17, 15) is 21.6 Å². The molecule has 1 aliphatic rings. The lowest BCUT2D eigenvalue weighted by molar-refractivity contribution is 0.171. The van der Waals surface area contributed by atoms with E-state index in [0.29, 0.717) is 41.7 Å². The zero-order valence-electron chi connectivity index (χ0n) is 14.8. The van der Waals surface area contributed by atoms with Gasteiger partial charge in [-0.25, -0.2) is 21.6 Å². The average molecular weight is 441 g/mol. The lowest BCUT2D eigenvalue weighted by Gasteiger charge is -2.26. The van der Waals surface area contributed by atoms with Crippen molar-refractivity contribution in [2.45, 2.75) is 11.4 Å². The molecule has 0 N–H and O–H groups in total. The van der Waals surface area contributed by atoms with Crippen LogP contribution in [0.25, 0.3) is 0 Å². The van der Waals surface area contributed by atoms with Gasteiger partial charge in [0.25, 0.3) is 10.0 Å². The number of ether oxygens (including phenoxy) is 2. The van der Waals surface area contributed by atoms with Crippen LogP contribution in [0.3, 0.4) is 0 Å². The average Bonchev–Trinajstić information content (AvgIpc) is 3.23. The van der Waals surface area contributed by atoms with Crippen LogP contribution in [0.2, 0.25) is 0 Å². The summed E-state index contributed by atoms with van der Waals surface area (Å²) in [6.07, 6.45) is 0. The molecular weight excluding hydrogens is 427 g/mol. The molecular formula is C19H14F3NO4S2. The standard InChI is InChI=1S/C19H14F3NO4S2/c20-14-4-6-17(19(22)18(14)21)29(24,25)23(11-13-2-1-9-28-13)12-3-5-15-16(10-12)27-8-7-26-15/h1-6,9-10H,7-8,11H2. The molecule has 2 aromatic carbocycles. The predicted octanol–water partition coefficient (Wildman–Crippen LogP) is 4.33. The van der Waals surface area contributed by atoms with Gasteiger partial charge >= 0.3 is 0 Å². The highest BCUT2D eigenvalue weighted by Gasteiger charge is 2.31. The largest absolute Gasteiger partial charge is 0.486 e. The summed E-state index contributed by atoms with van der Waals surface area (Å²) in [6, 6.07) is 9.23. The Morgan fingerprint density at radius 2 is 1.72 bits per heavy atom. The van der Waals surface area contributed by atoms with Crippen molar-refractivity contribution in [3.8, 4) is 11.5 Å². The summed E-state index contributed by atoms with van der Waals surface area (Å²) in [7, 11) is -4.56. The lowest BCUT2D eigenvalue weighted by atomic mass is 10.2. The Morgan fingerprint density at radius 3 is 2.45 bits per heavy atom. The van der Waals surface area contributed by atoms with Gasteiger partial charge in [0.2, 0.25) is 0 Å². The minimum absolute atomic E-state index is 0.127. The van der Waals surface area contributed by atoms with E-state index in [1.807, 2.05) is 0 Å². The van der Waals surface area contributed by atoms with Crippen molar-refractivity contribution in [2.24, 2.45) is 0 Å². The summed E-state index contributed by atoms with van der Waals surface area (Å²) < 4.78 is 79.7. The number of thiophene rings is 1. The molecule has 0 atom stereocenters. The molecule has 0 saturated carbocycles. The molecule has 0 radical (unpaired) electrons. The molecule has 0 saturated heterocycles. The molecule has 0 unspecified atom stereocenters. The third-order valence-electron chi connectivity index (χ3n) is 4.26. The molecule has 0 fully saturated rings. The van der Waals surface area contributed by atoms with Gasteiger partial charge in [-0.2, -0.15) is 0 Å². The van der Waals surface area contributed by atoms with Crippen LogP contribution >= 0.6 is 11.3 Å². The maximum absolute atomic E-state index is 14.3. The van der Waals surface area contributed by atoms with Gasteiger partial charge in [0.1, 0.15) is 18.1 Å². The first-order valence-electron chi connectivity index (χ1n) is 8.46. The van der Waals surface area contributed by atoms with Crippen LogP contribution in [-0.2, 0) is 16.6 Å². The molecule has 3 aromatic rings. The van der Waals surface area contributed by atoms with Gasteiger partial charge in [0.05, 0.1) is 12.2 Å². The van der Waals surface area contributed by atoms with E-state index >= 15 is 0 Å². The van der Waals surface area contributed by atoms with Gasteiger partial charge in [-0.1, -0.05) is 6.07 Å². The normalized spacial score (nSPS) is 13.3. The Morgan fingerprint density at radius 1 is 0.966 bits per heavy atom. The number of anilines is 1. The molecule has 0 aliphatic carbocycles. The molecule has 1 aliphatic heterocycles. The van der Waals surface area contributed by atoms with Crippen LogP contribution in [-0.4, -0.2) is 21.6 Å². The topological polar surface area (TPSA) is 55.8 Å². The third kappa shape index (κ3) is 3.65. The molecule has 10 heteroatoms. The van der Waals surface area contributed by atoms with Crippen LogP contribution < -0.4 is 13.8 Å². The van der Waals surface area contributed by atoms with E-state index in [1.165, 1.54) is 23.5 Å². The molecule has 4 rings (SSSR count). The summed E-state index contributed by atoms with van der Waals surface area (Å²) in [5.74, 6) is -4.29. The smallest absolute Gasteiger partial charge is 0.267 e. The lowest BCUT2D eigenvalue weighted by Crippen LogP contribution is -2.31. The van der Waals surface area contributed by atoms with E-state index in [0.717, 1.165) is 4.31 Å². The fourth-order valence-corrected chi connectivity index (χ4v) is 5.14. The van der Waals surface area contributed by atoms with Gasteiger partial charge in [-0.3, -0.25) is 4.31 Å². The first-order valence-corrected chi connectivity index (χ1v) is 10.8. The van der Waals surface area contributed by atoms with Gasteiger partial charge in [-0.15, -0.1) is 11.3 Å². The highest BCUT2D eigenvalue weighted by Crippen LogP contribution is 2.37. The zero-order chi connectivity index (χ0) is 20.6. The van der Waals surface area contributed by atoms with Gasteiger partial charge in [0.15, 0.2) is 29.0 Å². The molecule has 29 heavy (non-hydrogen) atoms. The number of sulfonamides is 1. The number of nitrogens with zero attached hydrogens (tertiary/aromatic N) is 1. The van der Waals surface area contributed by atoms with Crippen LogP contribution in [0.1, 0.15) is 4.88 Å². The fourth-order valence-electron chi connectivity index (χ4n) is 2.87. The van der Waals surface area contributed by atoms with E-state index in [4.69, 9.17) is 9.47 Å². The zero-order valence-corrected chi connectivity index (χ0v) is 16.4. The quantitative estimate of drug-likeness (QED) is 0.553.